The van der Waals surface area contributed by atoms with Gasteiger partial charge in [-0.25, -0.2) is 4.79 Å². The second-order valence-corrected chi connectivity index (χ2v) is 5.94. The second kappa shape index (κ2) is 6.80. The number of nitrogens with zero attached hydrogens (tertiary/aromatic N) is 1. The Morgan fingerprint density at radius 2 is 2.08 bits per heavy atom. The van der Waals surface area contributed by atoms with E-state index in [1.54, 1.807) is 25.1 Å². The minimum atomic E-state index is -0.345. The molecule has 3 rings (SSSR count). The van der Waals surface area contributed by atoms with Crippen molar-refractivity contribution in [1.82, 2.24) is 4.57 Å². The van der Waals surface area contributed by atoms with Crippen molar-refractivity contribution in [1.29, 1.82) is 0 Å². The number of carbonyl (C=O) groups excluding carboxylic acids is 2. The maximum Gasteiger partial charge on any atom is 0.338 e. The molecule has 0 spiro atoms. The molecule has 1 aliphatic rings. The van der Waals surface area contributed by atoms with Gasteiger partial charge < -0.3 is 19.7 Å². The number of aromatic nitrogens is 1. The zero-order valence-corrected chi connectivity index (χ0v) is 13.7. The Hall–Kier alpha value is -3.09. The predicted molar refractivity (Wildman–Crippen MR) is 90.5 cm³/mol. The highest BCUT2D eigenvalue weighted by Crippen LogP contribution is 2.23. The summed E-state index contributed by atoms with van der Waals surface area (Å²) in [5, 5.41) is 12.1. The molecule has 0 saturated carbocycles. The van der Waals surface area contributed by atoms with Crippen LogP contribution in [0.5, 0.6) is 5.75 Å². The summed E-state index contributed by atoms with van der Waals surface area (Å²) < 4.78 is 6.45. The Labute approximate surface area is 143 Å². The van der Waals surface area contributed by atoms with Crippen molar-refractivity contribution in [3.8, 4) is 5.75 Å². The first-order valence-electron chi connectivity index (χ1n) is 7.94. The maximum absolute atomic E-state index is 12.1. The third-order valence-electron chi connectivity index (χ3n) is 4.07. The number of cyclic esters (lactones) is 1. The molecular weight excluding hydrogens is 324 g/mol. The SMILES string of the molecule is Cc1cc(O)cc(=O)n1CCCC(=O)Nc1ccc2c(c1)COC2=O. The van der Waals surface area contributed by atoms with Gasteiger partial charge in [0.05, 0.1) is 5.56 Å². The van der Waals surface area contributed by atoms with Crippen LogP contribution in [0.3, 0.4) is 0 Å². The molecule has 0 atom stereocenters. The fourth-order valence-corrected chi connectivity index (χ4v) is 2.83. The van der Waals surface area contributed by atoms with E-state index in [1.807, 2.05) is 0 Å². The van der Waals surface area contributed by atoms with Crippen LogP contribution >= 0.6 is 0 Å². The summed E-state index contributed by atoms with van der Waals surface area (Å²) in [5.41, 5.74) is 2.25. The molecule has 1 aromatic carbocycles. The average Bonchev–Trinajstić information content (AvgIpc) is 2.90. The fourth-order valence-electron chi connectivity index (χ4n) is 2.83. The number of esters is 1. The molecule has 0 unspecified atom stereocenters. The van der Waals surface area contributed by atoms with Crippen LogP contribution in [0.15, 0.2) is 35.1 Å². The third-order valence-corrected chi connectivity index (χ3v) is 4.07. The first-order valence-corrected chi connectivity index (χ1v) is 7.94. The van der Waals surface area contributed by atoms with Gasteiger partial charge in [0, 0.05) is 36.0 Å². The lowest BCUT2D eigenvalue weighted by Gasteiger charge is -2.10. The lowest BCUT2D eigenvalue weighted by molar-refractivity contribution is -0.116. The number of pyridine rings is 1. The number of amides is 1. The van der Waals surface area contributed by atoms with Gasteiger partial charge in [-0.3, -0.25) is 9.59 Å². The van der Waals surface area contributed by atoms with Crippen molar-refractivity contribution in [2.45, 2.75) is 32.9 Å². The largest absolute Gasteiger partial charge is 0.508 e. The molecule has 0 bridgehead atoms. The quantitative estimate of drug-likeness (QED) is 0.810. The first-order chi connectivity index (χ1) is 11.9. The van der Waals surface area contributed by atoms with E-state index in [0.717, 1.165) is 11.6 Å². The van der Waals surface area contributed by atoms with Crippen LogP contribution in [-0.2, 0) is 22.7 Å². The summed E-state index contributed by atoms with van der Waals surface area (Å²) in [6.07, 6.45) is 0.739. The van der Waals surface area contributed by atoms with Gasteiger partial charge in [-0.1, -0.05) is 0 Å². The number of ether oxygens (including phenoxy) is 1. The van der Waals surface area contributed by atoms with Crippen molar-refractivity contribution in [2.24, 2.45) is 0 Å². The molecule has 1 amide bonds. The molecule has 130 valence electrons. The van der Waals surface area contributed by atoms with Gasteiger partial charge in [-0.05, 0) is 37.6 Å². The number of anilines is 1. The van der Waals surface area contributed by atoms with Crippen LogP contribution in [0, 0.1) is 6.92 Å². The van der Waals surface area contributed by atoms with Gasteiger partial charge in [0.15, 0.2) is 0 Å². The van der Waals surface area contributed by atoms with Crippen LogP contribution < -0.4 is 10.9 Å². The zero-order chi connectivity index (χ0) is 18.0. The van der Waals surface area contributed by atoms with E-state index < -0.39 is 0 Å². The van der Waals surface area contributed by atoms with Crippen LogP contribution in [0.25, 0.3) is 0 Å². The van der Waals surface area contributed by atoms with E-state index in [-0.39, 0.29) is 36.2 Å². The number of fused-ring (bicyclic) bond motifs is 1. The van der Waals surface area contributed by atoms with E-state index in [4.69, 9.17) is 4.74 Å². The smallest absolute Gasteiger partial charge is 0.338 e. The highest BCUT2D eigenvalue weighted by Gasteiger charge is 2.21. The zero-order valence-electron chi connectivity index (χ0n) is 13.7. The van der Waals surface area contributed by atoms with Crippen LogP contribution in [0.2, 0.25) is 0 Å². The summed E-state index contributed by atoms with van der Waals surface area (Å²) in [4.78, 5) is 35.3. The Kier molecular flexibility index (Phi) is 4.56. The minimum Gasteiger partial charge on any atom is -0.508 e. The van der Waals surface area contributed by atoms with E-state index in [0.29, 0.717) is 29.9 Å². The van der Waals surface area contributed by atoms with Crippen molar-refractivity contribution in [2.75, 3.05) is 5.32 Å². The molecule has 0 fully saturated rings. The van der Waals surface area contributed by atoms with Gasteiger partial charge in [0.1, 0.15) is 12.4 Å². The predicted octanol–water partition coefficient (Wildman–Crippen LogP) is 1.95. The number of rotatable bonds is 5. The Morgan fingerprint density at radius 1 is 1.28 bits per heavy atom. The number of nitrogens with one attached hydrogen (secondary N) is 1. The Bertz CT molecular complexity index is 901. The molecule has 2 heterocycles. The van der Waals surface area contributed by atoms with Crippen LogP contribution in [-0.4, -0.2) is 21.6 Å². The first kappa shape index (κ1) is 16.8. The summed E-state index contributed by atoms with van der Waals surface area (Å²) in [5.74, 6) is -0.576. The summed E-state index contributed by atoms with van der Waals surface area (Å²) in [6, 6.07) is 7.70. The number of carbonyl (C=O) groups is 2. The topological polar surface area (TPSA) is 97.6 Å². The maximum atomic E-state index is 12.1. The van der Waals surface area contributed by atoms with E-state index in [2.05, 4.69) is 5.32 Å². The third kappa shape index (κ3) is 3.71. The van der Waals surface area contributed by atoms with Gasteiger partial charge in [-0.2, -0.15) is 0 Å². The van der Waals surface area contributed by atoms with E-state index in [1.165, 1.54) is 10.6 Å². The lowest BCUT2D eigenvalue weighted by atomic mass is 10.1. The van der Waals surface area contributed by atoms with Gasteiger partial charge in [0.25, 0.3) is 5.56 Å². The van der Waals surface area contributed by atoms with Crippen LogP contribution in [0.1, 0.15) is 34.5 Å². The highest BCUT2D eigenvalue weighted by molar-refractivity contribution is 5.95. The Balaban J connectivity index is 1.56. The number of aromatic hydroxyl groups is 1. The normalized spacial score (nSPS) is 12.6. The average molecular weight is 342 g/mol. The summed E-state index contributed by atoms with van der Waals surface area (Å²) in [7, 11) is 0. The number of hydrogen-bond acceptors (Lipinski definition) is 5. The summed E-state index contributed by atoms with van der Waals surface area (Å²) >= 11 is 0. The molecule has 2 aromatic rings. The van der Waals surface area contributed by atoms with Gasteiger partial charge in [0.2, 0.25) is 5.91 Å². The monoisotopic (exact) mass is 342 g/mol. The molecule has 1 aliphatic heterocycles. The molecule has 1 aromatic heterocycles. The molecule has 0 radical (unpaired) electrons. The number of hydrogen-bond donors (Lipinski definition) is 2. The molecule has 7 nitrogen and oxygen atoms in total. The van der Waals surface area contributed by atoms with Crippen molar-refractivity contribution < 1.29 is 19.4 Å². The molecule has 2 N–H and O–H groups in total. The summed E-state index contributed by atoms with van der Waals surface area (Å²) in [6.45, 7) is 2.35. The van der Waals surface area contributed by atoms with Crippen molar-refractivity contribution in [3.05, 3.63) is 57.5 Å². The van der Waals surface area contributed by atoms with E-state index >= 15 is 0 Å². The standard InChI is InChI=1S/C18H18N2O5/c1-11-7-14(21)9-17(23)20(11)6-2-3-16(22)19-13-4-5-15-12(8-13)10-25-18(15)24/h4-5,7-9,21H,2-3,6,10H2,1H3,(H,19,22). The lowest BCUT2D eigenvalue weighted by Crippen LogP contribution is -2.22. The van der Waals surface area contributed by atoms with Crippen LogP contribution in [0.4, 0.5) is 5.69 Å². The molecular formula is C18H18N2O5. The fraction of sp³-hybridized carbons (Fsp3) is 0.278. The van der Waals surface area contributed by atoms with E-state index in [9.17, 15) is 19.5 Å². The molecule has 0 saturated heterocycles. The van der Waals surface area contributed by atoms with Gasteiger partial charge in [-0.15, -0.1) is 0 Å². The minimum absolute atomic E-state index is 0.0597. The molecule has 25 heavy (non-hydrogen) atoms. The molecule has 0 aliphatic carbocycles. The second-order valence-electron chi connectivity index (χ2n) is 5.94. The highest BCUT2D eigenvalue weighted by atomic mass is 16.5. The number of aryl methyl sites for hydroxylation is 1. The van der Waals surface area contributed by atoms with Gasteiger partial charge >= 0.3 is 5.97 Å². The number of benzene rings is 1. The van der Waals surface area contributed by atoms with Crippen molar-refractivity contribution >= 4 is 17.6 Å². The Morgan fingerprint density at radius 3 is 2.84 bits per heavy atom. The van der Waals surface area contributed by atoms with Crippen molar-refractivity contribution in [3.63, 3.8) is 0 Å². The molecule has 7 heteroatoms.